The minimum Gasteiger partial charge on any atom is -0.391 e. The number of nitrogens with one attached hydrogen (secondary N) is 2. The number of rotatable bonds is 3. The third-order valence-electron chi connectivity index (χ3n) is 4.05. The predicted molar refractivity (Wildman–Crippen MR) is 90.8 cm³/mol. The molecule has 0 aromatic heterocycles. The van der Waals surface area contributed by atoms with Gasteiger partial charge in [-0.2, -0.15) is 0 Å². The van der Waals surface area contributed by atoms with Crippen LogP contribution in [0.3, 0.4) is 0 Å². The van der Waals surface area contributed by atoms with Gasteiger partial charge in [0.05, 0.1) is 10.5 Å². The number of hydrogen-bond acceptors (Lipinski definition) is 2. The number of hydrogen-bond donors (Lipinski definition) is 3. The number of amides is 2. The lowest BCUT2D eigenvalue weighted by Crippen LogP contribution is -2.59. The molecule has 4 N–H and O–H groups in total. The van der Waals surface area contributed by atoms with E-state index in [1.54, 1.807) is 24.3 Å². The Hall–Kier alpha value is -1.33. The highest BCUT2D eigenvalue weighted by Crippen LogP contribution is 2.32. The van der Waals surface area contributed by atoms with Crippen LogP contribution in [0.5, 0.6) is 0 Å². The van der Waals surface area contributed by atoms with Gasteiger partial charge in [0.2, 0.25) is 0 Å². The van der Waals surface area contributed by atoms with Gasteiger partial charge in [0, 0.05) is 10.7 Å². The molecule has 1 aromatic rings. The number of carbonyl (C=O) groups is 1. The molecule has 1 aromatic carbocycles. The van der Waals surface area contributed by atoms with Crippen LogP contribution in [0.25, 0.3) is 0 Å². The Balaban J connectivity index is 2.02. The fraction of sp³-hybridized carbons (Fsp3) is 0.467. The first-order valence-corrected chi connectivity index (χ1v) is 7.84. The molecule has 1 saturated carbocycles. The SMILES string of the molecule is CC1CCC(NC(=O)Nc2ccc(Cl)cc2)(C(N)=S)CC1. The molecule has 0 atom stereocenters. The average Bonchev–Trinajstić information content (AvgIpc) is 2.44. The second-order valence-electron chi connectivity index (χ2n) is 5.71. The summed E-state index contributed by atoms with van der Waals surface area (Å²) in [6, 6.07) is 6.65. The van der Waals surface area contributed by atoms with Crippen molar-refractivity contribution < 1.29 is 4.79 Å². The number of nitrogens with two attached hydrogens (primary N) is 1. The van der Waals surface area contributed by atoms with Crippen molar-refractivity contribution in [3.63, 3.8) is 0 Å². The van der Waals surface area contributed by atoms with Crippen molar-refractivity contribution in [3.8, 4) is 0 Å². The van der Waals surface area contributed by atoms with Crippen molar-refractivity contribution in [2.75, 3.05) is 5.32 Å². The molecule has 114 valence electrons. The molecule has 0 spiro atoms. The Kier molecular flexibility index (Phi) is 5.06. The Labute approximate surface area is 135 Å². The van der Waals surface area contributed by atoms with Crippen LogP contribution >= 0.6 is 23.8 Å². The van der Waals surface area contributed by atoms with Gasteiger partial charge in [-0.15, -0.1) is 0 Å². The summed E-state index contributed by atoms with van der Waals surface area (Å²) < 4.78 is 0. The van der Waals surface area contributed by atoms with E-state index < -0.39 is 5.54 Å². The average molecular weight is 326 g/mol. The molecule has 0 unspecified atom stereocenters. The predicted octanol–water partition coefficient (Wildman–Crippen LogP) is 3.70. The van der Waals surface area contributed by atoms with Crippen molar-refractivity contribution in [1.29, 1.82) is 0 Å². The molecule has 0 aliphatic heterocycles. The van der Waals surface area contributed by atoms with Crippen molar-refractivity contribution in [2.24, 2.45) is 11.7 Å². The van der Waals surface area contributed by atoms with Crippen LogP contribution in [-0.4, -0.2) is 16.6 Å². The minimum absolute atomic E-state index is 0.292. The summed E-state index contributed by atoms with van der Waals surface area (Å²) in [5.41, 5.74) is 5.99. The molecule has 0 heterocycles. The Morgan fingerprint density at radius 3 is 2.43 bits per heavy atom. The number of halogens is 1. The first-order valence-electron chi connectivity index (χ1n) is 7.06. The van der Waals surface area contributed by atoms with Gasteiger partial charge in [0.25, 0.3) is 0 Å². The largest absolute Gasteiger partial charge is 0.391 e. The molecular formula is C15H20ClN3OS. The second-order valence-corrected chi connectivity index (χ2v) is 6.59. The van der Waals surface area contributed by atoms with Crippen LogP contribution in [0.2, 0.25) is 5.02 Å². The van der Waals surface area contributed by atoms with Gasteiger partial charge in [0.1, 0.15) is 0 Å². The first-order chi connectivity index (χ1) is 9.91. The summed E-state index contributed by atoms with van der Waals surface area (Å²) in [5, 5.41) is 6.38. The normalized spacial score (nSPS) is 25.1. The summed E-state index contributed by atoms with van der Waals surface area (Å²) in [4.78, 5) is 12.5. The standard InChI is InChI=1S/C15H20ClN3OS/c1-10-6-8-15(9-7-10,13(17)21)19-14(20)18-12-4-2-11(16)3-5-12/h2-5,10H,6-9H2,1H3,(H2,17,21)(H2,18,19,20). The lowest BCUT2D eigenvalue weighted by Gasteiger charge is -2.39. The van der Waals surface area contributed by atoms with Gasteiger partial charge in [-0.3, -0.25) is 0 Å². The Morgan fingerprint density at radius 1 is 1.33 bits per heavy atom. The van der Waals surface area contributed by atoms with E-state index in [1.165, 1.54) is 0 Å². The van der Waals surface area contributed by atoms with Gasteiger partial charge in [-0.1, -0.05) is 30.7 Å². The van der Waals surface area contributed by atoms with Crippen molar-refractivity contribution in [3.05, 3.63) is 29.3 Å². The maximum absolute atomic E-state index is 12.2. The van der Waals surface area contributed by atoms with Crippen LogP contribution in [0.15, 0.2) is 24.3 Å². The molecule has 21 heavy (non-hydrogen) atoms. The summed E-state index contributed by atoms with van der Waals surface area (Å²) >= 11 is 11.0. The Bertz CT molecular complexity index is 524. The summed E-state index contributed by atoms with van der Waals surface area (Å²) in [6.45, 7) is 2.21. The molecule has 1 aliphatic rings. The summed E-state index contributed by atoms with van der Waals surface area (Å²) in [5.74, 6) is 0.647. The maximum Gasteiger partial charge on any atom is 0.320 e. The highest BCUT2D eigenvalue weighted by molar-refractivity contribution is 7.80. The summed E-state index contributed by atoms with van der Waals surface area (Å²) in [6.07, 6.45) is 3.60. The number of thiocarbonyl (C=S) groups is 1. The molecular weight excluding hydrogens is 306 g/mol. The third-order valence-corrected chi connectivity index (χ3v) is 4.70. The molecule has 6 heteroatoms. The molecule has 2 rings (SSSR count). The first kappa shape index (κ1) is 16.0. The molecule has 1 aliphatic carbocycles. The van der Waals surface area contributed by atoms with Gasteiger partial charge in [-0.25, -0.2) is 4.79 Å². The van der Waals surface area contributed by atoms with Crippen LogP contribution in [0.1, 0.15) is 32.6 Å². The minimum atomic E-state index is -0.571. The molecule has 0 saturated heterocycles. The van der Waals surface area contributed by atoms with Crippen molar-refractivity contribution >= 4 is 40.5 Å². The molecule has 0 bridgehead atoms. The molecule has 4 nitrogen and oxygen atoms in total. The zero-order valence-corrected chi connectivity index (χ0v) is 13.6. The smallest absolute Gasteiger partial charge is 0.320 e. The number of anilines is 1. The van der Waals surface area contributed by atoms with E-state index in [0.717, 1.165) is 25.7 Å². The number of urea groups is 1. The van der Waals surface area contributed by atoms with Crippen LogP contribution in [-0.2, 0) is 0 Å². The van der Waals surface area contributed by atoms with Gasteiger partial charge in [-0.05, 0) is 55.9 Å². The van der Waals surface area contributed by atoms with E-state index in [9.17, 15) is 4.79 Å². The highest BCUT2D eigenvalue weighted by atomic mass is 35.5. The van der Waals surface area contributed by atoms with E-state index in [4.69, 9.17) is 29.6 Å². The van der Waals surface area contributed by atoms with E-state index in [2.05, 4.69) is 17.6 Å². The van der Waals surface area contributed by atoms with Crippen molar-refractivity contribution in [1.82, 2.24) is 5.32 Å². The topological polar surface area (TPSA) is 67.2 Å². The zero-order chi connectivity index (χ0) is 15.5. The maximum atomic E-state index is 12.2. The van der Waals surface area contributed by atoms with Gasteiger partial charge < -0.3 is 16.4 Å². The highest BCUT2D eigenvalue weighted by Gasteiger charge is 2.38. The number of benzene rings is 1. The zero-order valence-electron chi connectivity index (χ0n) is 12.0. The Morgan fingerprint density at radius 2 is 1.90 bits per heavy atom. The van der Waals surface area contributed by atoms with Gasteiger partial charge in [0.15, 0.2) is 0 Å². The van der Waals surface area contributed by atoms with Crippen molar-refractivity contribution in [2.45, 2.75) is 38.1 Å². The molecule has 0 radical (unpaired) electrons. The van der Waals surface area contributed by atoms with Crippen LogP contribution in [0.4, 0.5) is 10.5 Å². The lowest BCUT2D eigenvalue weighted by atomic mass is 9.77. The van der Waals surface area contributed by atoms with E-state index in [-0.39, 0.29) is 6.03 Å². The van der Waals surface area contributed by atoms with Gasteiger partial charge >= 0.3 is 6.03 Å². The number of carbonyl (C=O) groups excluding carboxylic acids is 1. The molecule has 2 amide bonds. The second kappa shape index (κ2) is 6.62. The van der Waals surface area contributed by atoms with E-state index >= 15 is 0 Å². The fourth-order valence-corrected chi connectivity index (χ4v) is 2.98. The quantitative estimate of drug-likeness (QED) is 0.742. The fourth-order valence-electron chi connectivity index (χ4n) is 2.60. The third kappa shape index (κ3) is 4.08. The lowest BCUT2D eigenvalue weighted by molar-refractivity contribution is 0.227. The van der Waals surface area contributed by atoms with E-state index in [1.807, 2.05) is 0 Å². The van der Waals surface area contributed by atoms with E-state index in [0.29, 0.717) is 21.6 Å². The van der Waals surface area contributed by atoms with Crippen LogP contribution < -0.4 is 16.4 Å². The molecule has 1 fully saturated rings. The monoisotopic (exact) mass is 325 g/mol. The van der Waals surface area contributed by atoms with Crippen LogP contribution in [0, 0.1) is 5.92 Å². The summed E-state index contributed by atoms with van der Waals surface area (Å²) in [7, 11) is 0.